The van der Waals surface area contributed by atoms with Crippen molar-refractivity contribution >= 4 is 71.1 Å². The van der Waals surface area contributed by atoms with Crippen molar-refractivity contribution < 1.29 is 93.2 Å². The number of cyclic esters (lactones) is 1. The number of carbonyl (C=O) groups is 11. The van der Waals surface area contributed by atoms with E-state index in [4.69, 9.17) is 4.74 Å². The van der Waals surface area contributed by atoms with Crippen molar-refractivity contribution in [3.05, 3.63) is 119 Å². The van der Waals surface area contributed by atoms with Crippen LogP contribution in [0.25, 0.3) is 6.08 Å². The highest BCUT2D eigenvalue weighted by Crippen LogP contribution is 2.24. The minimum atomic E-state index is -1.97. The molecule has 0 spiro atoms. The molecule has 0 aliphatic carbocycles. The number of allylic oxidation sites excluding steroid dienone is 1. The van der Waals surface area contributed by atoms with Crippen LogP contribution >= 0.6 is 0 Å². The monoisotopic (exact) mass is 1310 g/mol. The highest BCUT2D eigenvalue weighted by Gasteiger charge is 2.40. The molecular weight excluding hydrogens is 1220 g/mol. The predicted molar refractivity (Wildman–Crippen MR) is 340 cm³/mol. The molecule has 0 aromatic heterocycles. The minimum Gasteiger partial charge on any atom is -0.508 e. The van der Waals surface area contributed by atoms with Crippen LogP contribution in [0.5, 0.6) is 5.75 Å². The lowest BCUT2D eigenvalue weighted by Crippen LogP contribution is -2.63. The Morgan fingerprint density at radius 1 is 0.543 bits per heavy atom. The number of aliphatic hydroxyl groups is 6. The molecule has 1 fully saturated rings. The quantitative estimate of drug-likeness (QED) is 0.0368. The van der Waals surface area contributed by atoms with Crippen LogP contribution in [-0.2, 0) is 63.9 Å². The number of rotatable bonds is 18. The van der Waals surface area contributed by atoms with E-state index in [1.165, 1.54) is 75.4 Å². The molecule has 0 bridgehead atoms. The maximum absolute atomic E-state index is 14.6. The summed E-state index contributed by atoms with van der Waals surface area (Å²) in [6.45, 7) is 10.3. The van der Waals surface area contributed by atoms with Gasteiger partial charge in [0.2, 0.25) is 59.1 Å². The number of esters is 1. The first-order valence-corrected chi connectivity index (χ1v) is 30.8. The largest absolute Gasteiger partial charge is 0.508 e. The van der Waals surface area contributed by atoms with Crippen LogP contribution in [0.3, 0.4) is 0 Å². The van der Waals surface area contributed by atoms with Gasteiger partial charge >= 0.3 is 5.97 Å². The SMILES string of the molecule is CC=CC(O)C(O)c1ccccc1C=CC(=O)NC1C(=O)NC(CO)C(=O)NC(CC(C)C)C(=O)NC(Cc2ccccc2)C(=O)NC(CO)C(=O)NC(C(C)O)C(=O)NC(CO)C(=O)NC(c2ccc(O)cc2)C(=O)NC(C(C)C)C(=O)NC(CC(C)C)C(=O)OC1C. The fourth-order valence-corrected chi connectivity index (χ4v) is 9.79. The number of hydrogen-bond acceptors (Lipinski definition) is 19. The van der Waals surface area contributed by atoms with Crippen molar-refractivity contribution in [1.82, 2.24) is 53.2 Å². The van der Waals surface area contributed by atoms with E-state index in [1.807, 2.05) is 0 Å². The average molecular weight is 1320 g/mol. The number of aliphatic hydroxyl groups excluding tert-OH is 6. The summed E-state index contributed by atoms with van der Waals surface area (Å²) in [6.07, 6.45) is -1.69. The number of aromatic hydroxyl groups is 1. The molecule has 29 heteroatoms. The average Bonchev–Trinajstić information content (AvgIpc) is 0.875. The van der Waals surface area contributed by atoms with Crippen LogP contribution in [0, 0.1) is 17.8 Å². The third-order valence-corrected chi connectivity index (χ3v) is 14.9. The normalized spacial score (nSPS) is 25.3. The molecule has 17 N–H and O–H groups in total. The molecule has 1 aliphatic heterocycles. The van der Waals surface area contributed by atoms with E-state index in [9.17, 15) is 88.5 Å². The second-order valence-corrected chi connectivity index (χ2v) is 23.9. The number of ether oxygens (including phenoxy) is 1. The zero-order chi connectivity index (χ0) is 70.1. The number of carbonyl (C=O) groups excluding carboxylic acids is 11. The number of hydrogen-bond donors (Lipinski definition) is 17. The molecule has 0 saturated carbocycles. The molecule has 1 heterocycles. The molecule has 29 nitrogen and oxygen atoms in total. The van der Waals surface area contributed by atoms with Gasteiger partial charge in [-0.3, -0.25) is 47.9 Å². The second-order valence-electron chi connectivity index (χ2n) is 23.9. The van der Waals surface area contributed by atoms with Gasteiger partial charge in [-0.2, -0.15) is 0 Å². The molecule has 14 atom stereocenters. The smallest absolute Gasteiger partial charge is 0.328 e. The van der Waals surface area contributed by atoms with Gasteiger partial charge in [-0.15, -0.1) is 0 Å². The second kappa shape index (κ2) is 37.5. The molecule has 3 aromatic rings. The van der Waals surface area contributed by atoms with Gasteiger partial charge in [-0.1, -0.05) is 120 Å². The Morgan fingerprint density at radius 2 is 1.01 bits per heavy atom. The molecule has 14 unspecified atom stereocenters. The molecule has 1 aliphatic rings. The molecule has 94 heavy (non-hydrogen) atoms. The summed E-state index contributed by atoms with van der Waals surface area (Å²) >= 11 is 0. The third-order valence-electron chi connectivity index (χ3n) is 14.9. The number of nitrogens with one attached hydrogen (secondary N) is 10. The zero-order valence-corrected chi connectivity index (χ0v) is 53.9. The van der Waals surface area contributed by atoms with E-state index >= 15 is 0 Å². The van der Waals surface area contributed by atoms with Crippen molar-refractivity contribution in [2.45, 2.75) is 166 Å². The van der Waals surface area contributed by atoms with Crippen molar-refractivity contribution in [3.8, 4) is 5.75 Å². The van der Waals surface area contributed by atoms with Crippen molar-refractivity contribution in [2.24, 2.45) is 17.8 Å². The van der Waals surface area contributed by atoms with E-state index in [-0.39, 0.29) is 53.5 Å². The topological polar surface area (TPSA) is 459 Å². The van der Waals surface area contributed by atoms with Crippen LogP contribution in [0.4, 0.5) is 0 Å². The van der Waals surface area contributed by atoms with E-state index in [2.05, 4.69) is 53.2 Å². The van der Waals surface area contributed by atoms with Gasteiger partial charge in [-0.05, 0) is 91.8 Å². The maximum atomic E-state index is 14.6. The Balaban J connectivity index is 1.89. The van der Waals surface area contributed by atoms with Gasteiger partial charge in [0.1, 0.15) is 84.5 Å². The van der Waals surface area contributed by atoms with E-state index in [0.29, 0.717) is 5.56 Å². The summed E-state index contributed by atoms with van der Waals surface area (Å²) < 4.78 is 5.85. The Labute approximate surface area is 544 Å². The van der Waals surface area contributed by atoms with Crippen LogP contribution in [0.15, 0.2) is 97.1 Å². The van der Waals surface area contributed by atoms with Crippen LogP contribution in [-0.4, -0.2) is 193 Å². The number of benzene rings is 3. The van der Waals surface area contributed by atoms with Crippen molar-refractivity contribution in [1.29, 1.82) is 0 Å². The molecule has 514 valence electrons. The summed E-state index contributed by atoms with van der Waals surface area (Å²) in [6, 6.07) is 1.55. The minimum absolute atomic E-state index is 0.00534. The molecule has 3 aromatic carbocycles. The van der Waals surface area contributed by atoms with Gasteiger partial charge in [0.25, 0.3) is 0 Å². The van der Waals surface area contributed by atoms with Crippen molar-refractivity contribution in [2.75, 3.05) is 19.8 Å². The molecule has 4 rings (SSSR count). The zero-order valence-electron chi connectivity index (χ0n) is 53.9. The van der Waals surface area contributed by atoms with E-state index in [1.54, 1.807) is 77.1 Å². The first kappa shape index (κ1) is 77.3. The first-order valence-electron chi connectivity index (χ1n) is 30.8. The van der Waals surface area contributed by atoms with Gasteiger partial charge in [0.15, 0.2) is 0 Å². The van der Waals surface area contributed by atoms with Gasteiger partial charge in [0, 0.05) is 12.5 Å². The summed E-state index contributed by atoms with van der Waals surface area (Å²) in [7, 11) is 0. The molecule has 0 radical (unpaired) electrons. The lowest BCUT2D eigenvalue weighted by atomic mass is 9.98. The highest BCUT2D eigenvalue weighted by atomic mass is 16.5. The lowest BCUT2D eigenvalue weighted by molar-refractivity contribution is -0.156. The highest BCUT2D eigenvalue weighted by molar-refractivity contribution is 6.00. The predicted octanol–water partition coefficient (Wildman–Crippen LogP) is -2.11. The molecular formula is C65H90N10O19. The molecule has 1 saturated heterocycles. The Kier molecular flexibility index (Phi) is 30.9. The van der Waals surface area contributed by atoms with Crippen LogP contribution < -0.4 is 53.2 Å². The lowest BCUT2D eigenvalue weighted by Gasteiger charge is -2.30. The van der Waals surface area contributed by atoms with Gasteiger partial charge < -0.3 is 93.7 Å². The molecule has 10 amide bonds. The first-order chi connectivity index (χ1) is 44.4. The van der Waals surface area contributed by atoms with Gasteiger partial charge in [0.05, 0.1) is 25.9 Å². The summed E-state index contributed by atoms with van der Waals surface area (Å²) in [5, 5.41) is 98.3. The van der Waals surface area contributed by atoms with E-state index < -0.39 is 176 Å². The standard InChI is InChI=1S/C65H90N10O19/c1-10-16-49(81)55(83)42-20-15-14-19-39(42)23-26-50(82)72-53-37(9)94-65(93)45(28-34(4)5)68-61(89)51(35(6)7)73-64(92)54(40-21-24-41(80)25-22-40)75-60(88)48(32-78)70-62(90)52(36(8)79)74-59(87)47(31-77)69-57(85)44(29-38-17-12-11-13-18-38)67-56(84)43(27-33(2)3)66-58(86)46(30-76)71-63(53)91/h10-26,33-37,43-49,51-55,76-81,83H,27-32H2,1-9H3,(H,66,86)(H,67,84)(H,68,89)(H,69,85)(H,70,90)(H,71,91)(H,72,82)(H,73,92)(H,74,87)(H,75,88). The fourth-order valence-electron chi connectivity index (χ4n) is 9.79. The Bertz CT molecular complexity index is 3140. The third kappa shape index (κ3) is 23.5. The Morgan fingerprint density at radius 3 is 1.57 bits per heavy atom. The van der Waals surface area contributed by atoms with Crippen molar-refractivity contribution in [3.63, 3.8) is 0 Å². The van der Waals surface area contributed by atoms with Gasteiger partial charge in [-0.25, -0.2) is 4.79 Å². The van der Waals surface area contributed by atoms with E-state index in [0.717, 1.165) is 13.0 Å². The van der Waals surface area contributed by atoms with Crippen LogP contribution in [0.1, 0.15) is 110 Å². The fraction of sp³-hybridized carbons (Fsp3) is 0.492. The number of amides is 10. The summed E-state index contributed by atoms with van der Waals surface area (Å²) in [5.74, 6) is -14.3. The summed E-state index contributed by atoms with van der Waals surface area (Å²) in [4.78, 5) is 157. The van der Waals surface area contributed by atoms with Crippen LogP contribution in [0.2, 0.25) is 0 Å². The Hall–Kier alpha value is -9.13. The summed E-state index contributed by atoms with van der Waals surface area (Å²) in [5.41, 5.74) is 0.930. The maximum Gasteiger partial charge on any atom is 0.328 e. The number of phenols is 1. The number of phenolic OH excluding ortho intramolecular Hbond substituents is 1.